The van der Waals surface area contributed by atoms with Crippen LogP contribution in [0.4, 0.5) is 5.69 Å². The van der Waals surface area contributed by atoms with Gasteiger partial charge in [0.1, 0.15) is 0 Å². The molecule has 9 nitrogen and oxygen atoms in total. The average molecular weight is 519 g/mol. The van der Waals surface area contributed by atoms with Crippen LogP contribution in [0.15, 0.2) is 52.0 Å². The Hall–Kier alpha value is -3.40. The van der Waals surface area contributed by atoms with Gasteiger partial charge in [0.2, 0.25) is 0 Å². The summed E-state index contributed by atoms with van der Waals surface area (Å²) in [5.74, 6) is -1.19. The SMILES string of the molecule is CCOc1cc(/C=N\NC(=O)C(=O)N[C@H](C)CC)cc(Br)c1OCC(=O)Nc1ccccc1. The van der Waals surface area contributed by atoms with Crippen molar-refractivity contribution in [3.63, 3.8) is 0 Å². The number of amides is 3. The molecule has 0 spiro atoms. The highest BCUT2D eigenvalue weighted by molar-refractivity contribution is 9.10. The Morgan fingerprint density at radius 3 is 2.48 bits per heavy atom. The van der Waals surface area contributed by atoms with E-state index in [2.05, 4.69) is 37.1 Å². The fourth-order valence-electron chi connectivity index (χ4n) is 2.53. The van der Waals surface area contributed by atoms with E-state index < -0.39 is 11.8 Å². The third-order valence-electron chi connectivity index (χ3n) is 4.31. The number of hydrazone groups is 1. The number of carbonyl (C=O) groups excluding carboxylic acids is 3. The van der Waals surface area contributed by atoms with Crippen LogP contribution >= 0.6 is 15.9 Å². The minimum Gasteiger partial charge on any atom is -0.490 e. The van der Waals surface area contributed by atoms with Crippen LogP contribution in [0.3, 0.4) is 0 Å². The fourth-order valence-corrected chi connectivity index (χ4v) is 3.10. The number of nitrogens with one attached hydrogen (secondary N) is 3. The number of para-hydroxylation sites is 1. The van der Waals surface area contributed by atoms with Crippen molar-refractivity contribution in [1.82, 2.24) is 10.7 Å². The zero-order chi connectivity index (χ0) is 24.2. The Balaban J connectivity index is 2.03. The van der Waals surface area contributed by atoms with Crippen LogP contribution < -0.4 is 25.5 Å². The predicted molar refractivity (Wildman–Crippen MR) is 130 cm³/mol. The Labute approximate surface area is 201 Å². The smallest absolute Gasteiger partial charge is 0.329 e. The van der Waals surface area contributed by atoms with Crippen LogP contribution in [0.1, 0.15) is 32.8 Å². The number of ether oxygens (including phenoxy) is 2. The van der Waals surface area contributed by atoms with Crippen LogP contribution in [0.5, 0.6) is 11.5 Å². The summed E-state index contributed by atoms with van der Waals surface area (Å²) in [5, 5.41) is 9.12. The summed E-state index contributed by atoms with van der Waals surface area (Å²) < 4.78 is 11.8. The second-order valence-corrected chi connectivity index (χ2v) is 7.80. The van der Waals surface area contributed by atoms with Gasteiger partial charge in [0, 0.05) is 11.7 Å². The molecule has 176 valence electrons. The molecule has 0 heterocycles. The summed E-state index contributed by atoms with van der Waals surface area (Å²) in [6, 6.07) is 12.3. The Morgan fingerprint density at radius 1 is 1.09 bits per heavy atom. The van der Waals surface area contributed by atoms with Gasteiger partial charge in [0.05, 0.1) is 17.3 Å². The molecular formula is C23H27BrN4O5. The third kappa shape index (κ3) is 8.57. The van der Waals surface area contributed by atoms with Gasteiger partial charge in [-0.25, -0.2) is 5.43 Å². The lowest BCUT2D eigenvalue weighted by Gasteiger charge is -2.14. The Bertz CT molecular complexity index is 998. The summed E-state index contributed by atoms with van der Waals surface area (Å²) in [6.45, 7) is 5.67. The highest BCUT2D eigenvalue weighted by atomic mass is 79.9. The van der Waals surface area contributed by atoms with Gasteiger partial charge in [0.25, 0.3) is 5.91 Å². The van der Waals surface area contributed by atoms with Gasteiger partial charge in [-0.1, -0.05) is 25.1 Å². The number of carbonyl (C=O) groups is 3. The summed E-state index contributed by atoms with van der Waals surface area (Å²) >= 11 is 3.41. The van der Waals surface area contributed by atoms with Crippen molar-refractivity contribution in [2.75, 3.05) is 18.5 Å². The molecule has 0 aromatic heterocycles. The first-order chi connectivity index (χ1) is 15.8. The van der Waals surface area contributed by atoms with Gasteiger partial charge in [0.15, 0.2) is 18.1 Å². The first kappa shape index (κ1) is 25.9. The molecule has 0 aliphatic carbocycles. The summed E-state index contributed by atoms with van der Waals surface area (Å²) in [7, 11) is 0. The van der Waals surface area contributed by atoms with Gasteiger partial charge >= 0.3 is 11.8 Å². The molecule has 0 aliphatic rings. The van der Waals surface area contributed by atoms with E-state index in [-0.39, 0.29) is 18.6 Å². The average Bonchev–Trinajstić information content (AvgIpc) is 2.79. The molecule has 0 unspecified atom stereocenters. The zero-order valence-corrected chi connectivity index (χ0v) is 20.3. The third-order valence-corrected chi connectivity index (χ3v) is 4.90. The van der Waals surface area contributed by atoms with Crippen molar-refractivity contribution >= 4 is 45.6 Å². The van der Waals surface area contributed by atoms with E-state index in [1.807, 2.05) is 32.0 Å². The molecule has 3 amide bonds. The maximum atomic E-state index is 12.2. The number of benzene rings is 2. The van der Waals surface area contributed by atoms with Crippen LogP contribution in [-0.2, 0) is 14.4 Å². The standard InChI is InChI=1S/C23H27BrN4O5/c1-4-15(3)26-22(30)23(31)28-25-13-16-11-18(24)21(19(12-16)32-5-2)33-14-20(29)27-17-9-7-6-8-10-17/h6-13,15H,4-5,14H2,1-3H3,(H,26,30)(H,27,29)(H,28,31)/b25-13-/t15-/m1/s1. The second kappa shape index (κ2) is 13.2. The zero-order valence-electron chi connectivity index (χ0n) is 18.7. The molecule has 0 fully saturated rings. The van der Waals surface area contributed by atoms with Crippen LogP contribution in [0, 0.1) is 0 Å². The minimum absolute atomic E-state index is 0.112. The van der Waals surface area contributed by atoms with Crippen LogP contribution in [-0.4, -0.2) is 43.2 Å². The lowest BCUT2D eigenvalue weighted by molar-refractivity contribution is -0.139. The highest BCUT2D eigenvalue weighted by Crippen LogP contribution is 2.36. The second-order valence-electron chi connectivity index (χ2n) is 6.95. The number of halogens is 1. The lowest BCUT2D eigenvalue weighted by Crippen LogP contribution is -2.41. The molecule has 1 atom stereocenters. The van der Waals surface area contributed by atoms with Gasteiger partial charge in [-0.05, 0) is 66.0 Å². The topological polar surface area (TPSA) is 118 Å². The first-order valence-corrected chi connectivity index (χ1v) is 11.2. The molecule has 3 N–H and O–H groups in total. The van der Waals surface area contributed by atoms with Crippen molar-refractivity contribution in [3.05, 3.63) is 52.5 Å². The molecule has 10 heteroatoms. The predicted octanol–water partition coefficient (Wildman–Crippen LogP) is 3.23. The van der Waals surface area contributed by atoms with Crippen molar-refractivity contribution in [2.24, 2.45) is 5.10 Å². The van der Waals surface area contributed by atoms with E-state index in [4.69, 9.17) is 9.47 Å². The molecule has 2 rings (SSSR count). The normalized spacial score (nSPS) is 11.5. The number of hydrogen-bond donors (Lipinski definition) is 3. The van der Waals surface area contributed by atoms with E-state index in [1.165, 1.54) is 6.21 Å². The van der Waals surface area contributed by atoms with Crippen LogP contribution in [0.2, 0.25) is 0 Å². The van der Waals surface area contributed by atoms with Crippen molar-refractivity contribution < 1.29 is 23.9 Å². The molecule has 0 saturated carbocycles. The lowest BCUT2D eigenvalue weighted by atomic mass is 10.2. The van der Waals surface area contributed by atoms with E-state index in [9.17, 15) is 14.4 Å². The van der Waals surface area contributed by atoms with Crippen LogP contribution in [0.25, 0.3) is 0 Å². The van der Waals surface area contributed by atoms with Gasteiger partial charge in [-0.3, -0.25) is 14.4 Å². The van der Waals surface area contributed by atoms with Crippen molar-refractivity contribution in [2.45, 2.75) is 33.2 Å². The van der Waals surface area contributed by atoms with Crippen molar-refractivity contribution in [1.29, 1.82) is 0 Å². The molecular weight excluding hydrogens is 492 g/mol. The Morgan fingerprint density at radius 2 is 1.82 bits per heavy atom. The molecule has 0 bridgehead atoms. The molecule has 0 radical (unpaired) electrons. The first-order valence-electron chi connectivity index (χ1n) is 10.4. The van der Waals surface area contributed by atoms with Gasteiger partial charge in [-0.2, -0.15) is 5.10 Å². The van der Waals surface area contributed by atoms with E-state index in [0.29, 0.717) is 40.3 Å². The number of rotatable bonds is 10. The molecule has 33 heavy (non-hydrogen) atoms. The quantitative estimate of drug-likeness (QED) is 0.253. The maximum Gasteiger partial charge on any atom is 0.329 e. The van der Waals surface area contributed by atoms with E-state index >= 15 is 0 Å². The largest absolute Gasteiger partial charge is 0.490 e. The number of hydrogen-bond acceptors (Lipinski definition) is 6. The fraction of sp³-hybridized carbons (Fsp3) is 0.304. The summed E-state index contributed by atoms with van der Waals surface area (Å²) in [4.78, 5) is 35.8. The minimum atomic E-state index is -0.861. The number of anilines is 1. The highest BCUT2D eigenvalue weighted by Gasteiger charge is 2.16. The summed E-state index contributed by atoms with van der Waals surface area (Å²) in [6.07, 6.45) is 2.08. The molecule has 0 saturated heterocycles. The van der Waals surface area contributed by atoms with Gasteiger partial charge < -0.3 is 20.1 Å². The monoisotopic (exact) mass is 518 g/mol. The number of nitrogens with zero attached hydrogens (tertiary/aromatic N) is 1. The maximum absolute atomic E-state index is 12.2. The van der Waals surface area contributed by atoms with Gasteiger partial charge in [-0.15, -0.1) is 0 Å². The molecule has 0 aliphatic heterocycles. The Kier molecular flexibility index (Phi) is 10.4. The van der Waals surface area contributed by atoms with E-state index in [0.717, 1.165) is 0 Å². The molecule has 2 aromatic rings. The summed E-state index contributed by atoms with van der Waals surface area (Å²) in [5.41, 5.74) is 3.43. The van der Waals surface area contributed by atoms with Crippen molar-refractivity contribution in [3.8, 4) is 11.5 Å². The van der Waals surface area contributed by atoms with E-state index in [1.54, 1.807) is 31.2 Å². The molecule has 2 aromatic carbocycles.